The fourth-order valence-corrected chi connectivity index (χ4v) is 1.93. The molecule has 0 aliphatic carbocycles. The molecule has 18 heavy (non-hydrogen) atoms. The van der Waals surface area contributed by atoms with Crippen molar-refractivity contribution in [1.82, 2.24) is 25.1 Å². The number of nitrogens with zero attached hydrogens (tertiary/aromatic N) is 4. The van der Waals surface area contributed by atoms with Crippen LogP contribution < -0.4 is 5.32 Å². The molecule has 6 heteroatoms. The van der Waals surface area contributed by atoms with Gasteiger partial charge in [0.05, 0.1) is 6.20 Å². The lowest BCUT2D eigenvalue weighted by Crippen LogP contribution is -2.46. The molecule has 0 spiro atoms. The van der Waals surface area contributed by atoms with Gasteiger partial charge in [-0.1, -0.05) is 0 Å². The van der Waals surface area contributed by atoms with E-state index in [9.17, 15) is 4.79 Å². The monoisotopic (exact) mass is 249 g/mol. The smallest absolute Gasteiger partial charge is 0.273 e. The van der Waals surface area contributed by atoms with E-state index < -0.39 is 0 Å². The molecule has 0 radical (unpaired) electrons. The molecular weight excluding hydrogens is 230 g/mol. The Morgan fingerprint density at radius 3 is 2.89 bits per heavy atom. The Hall–Kier alpha value is -1.53. The summed E-state index contributed by atoms with van der Waals surface area (Å²) in [6.07, 6.45) is 4.61. The zero-order valence-corrected chi connectivity index (χ0v) is 10.7. The summed E-state index contributed by atoms with van der Waals surface area (Å²) in [6, 6.07) is 0. The quantitative estimate of drug-likeness (QED) is 0.776. The molecule has 1 amide bonds. The number of likely N-dealkylation sites (N-methyl/N-ethyl adjacent to an activating group) is 1. The van der Waals surface area contributed by atoms with Crippen LogP contribution in [0.25, 0.3) is 0 Å². The summed E-state index contributed by atoms with van der Waals surface area (Å²) < 4.78 is 0. The molecule has 1 aromatic rings. The van der Waals surface area contributed by atoms with Crippen LogP contribution in [0, 0.1) is 0 Å². The first-order chi connectivity index (χ1) is 8.77. The highest BCUT2D eigenvalue weighted by Gasteiger charge is 2.15. The summed E-state index contributed by atoms with van der Waals surface area (Å²) in [5, 5.41) is 3.31. The zero-order chi connectivity index (χ0) is 12.8. The highest BCUT2D eigenvalue weighted by molar-refractivity contribution is 5.91. The number of aromatic nitrogens is 2. The molecule has 1 saturated heterocycles. The van der Waals surface area contributed by atoms with Crippen molar-refractivity contribution in [3.8, 4) is 0 Å². The van der Waals surface area contributed by atoms with Gasteiger partial charge in [-0.25, -0.2) is 4.98 Å². The van der Waals surface area contributed by atoms with Gasteiger partial charge in [0.25, 0.3) is 5.91 Å². The second kappa shape index (κ2) is 6.42. The highest BCUT2D eigenvalue weighted by Crippen LogP contribution is 1.99. The van der Waals surface area contributed by atoms with Gasteiger partial charge in [-0.3, -0.25) is 14.7 Å². The predicted molar refractivity (Wildman–Crippen MR) is 68.3 cm³/mol. The number of hydrogen-bond donors (Lipinski definition) is 1. The van der Waals surface area contributed by atoms with Crippen LogP contribution in [0.5, 0.6) is 0 Å². The number of rotatable bonds is 4. The number of carbonyl (C=O) groups excluding carboxylic acids is 1. The van der Waals surface area contributed by atoms with Gasteiger partial charge in [0, 0.05) is 58.7 Å². The van der Waals surface area contributed by atoms with Crippen LogP contribution >= 0.6 is 0 Å². The third-order valence-electron chi connectivity index (χ3n) is 3.09. The van der Waals surface area contributed by atoms with E-state index in [0.29, 0.717) is 5.69 Å². The summed E-state index contributed by atoms with van der Waals surface area (Å²) in [5.41, 5.74) is 0.403. The topological polar surface area (TPSA) is 61.4 Å². The first kappa shape index (κ1) is 12.9. The van der Waals surface area contributed by atoms with Crippen LogP contribution in [0.4, 0.5) is 0 Å². The molecule has 1 fully saturated rings. The molecule has 1 aliphatic rings. The van der Waals surface area contributed by atoms with Crippen molar-refractivity contribution >= 4 is 5.91 Å². The standard InChI is InChI=1S/C12H19N5O/c1-16(8-9-17-6-4-13-5-7-17)12(18)11-10-14-2-3-15-11/h2-3,10,13H,4-9H2,1H3. The SMILES string of the molecule is CN(CCN1CCNCC1)C(=O)c1cnccn1. The maximum Gasteiger partial charge on any atom is 0.273 e. The van der Waals surface area contributed by atoms with Gasteiger partial charge in [0.15, 0.2) is 0 Å². The Morgan fingerprint density at radius 1 is 1.44 bits per heavy atom. The molecule has 2 rings (SSSR count). The third kappa shape index (κ3) is 3.48. The Morgan fingerprint density at radius 2 is 2.22 bits per heavy atom. The average Bonchev–Trinajstić information content (AvgIpc) is 2.46. The second-order valence-corrected chi connectivity index (χ2v) is 4.41. The molecule has 0 bridgehead atoms. The summed E-state index contributed by atoms with van der Waals surface area (Å²) >= 11 is 0. The molecule has 2 heterocycles. The van der Waals surface area contributed by atoms with Crippen LogP contribution in [0.2, 0.25) is 0 Å². The molecule has 1 N–H and O–H groups in total. The van der Waals surface area contributed by atoms with Gasteiger partial charge in [0.2, 0.25) is 0 Å². The summed E-state index contributed by atoms with van der Waals surface area (Å²) in [4.78, 5) is 24.0. The van der Waals surface area contributed by atoms with Crippen molar-refractivity contribution in [3.63, 3.8) is 0 Å². The van der Waals surface area contributed by atoms with Crippen molar-refractivity contribution in [2.24, 2.45) is 0 Å². The summed E-state index contributed by atoms with van der Waals surface area (Å²) in [5.74, 6) is -0.0711. The summed E-state index contributed by atoms with van der Waals surface area (Å²) in [6.45, 7) is 5.78. The Kier molecular flexibility index (Phi) is 4.60. The lowest BCUT2D eigenvalue weighted by Gasteiger charge is -2.29. The lowest BCUT2D eigenvalue weighted by molar-refractivity contribution is 0.0768. The van der Waals surface area contributed by atoms with E-state index in [4.69, 9.17) is 0 Å². The van der Waals surface area contributed by atoms with E-state index >= 15 is 0 Å². The first-order valence-corrected chi connectivity index (χ1v) is 6.22. The molecule has 1 aromatic heterocycles. The van der Waals surface area contributed by atoms with Crippen molar-refractivity contribution in [3.05, 3.63) is 24.3 Å². The third-order valence-corrected chi connectivity index (χ3v) is 3.09. The van der Waals surface area contributed by atoms with E-state index in [0.717, 1.165) is 39.3 Å². The average molecular weight is 249 g/mol. The van der Waals surface area contributed by atoms with Gasteiger partial charge in [-0.05, 0) is 0 Å². The number of hydrogen-bond acceptors (Lipinski definition) is 5. The maximum absolute atomic E-state index is 12.0. The highest BCUT2D eigenvalue weighted by atomic mass is 16.2. The van der Waals surface area contributed by atoms with Crippen LogP contribution in [-0.2, 0) is 0 Å². The molecule has 98 valence electrons. The van der Waals surface area contributed by atoms with E-state index in [-0.39, 0.29) is 5.91 Å². The number of nitrogens with one attached hydrogen (secondary N) is 1. The lowest BCUT2D eigenvalue weighted by atomic mass is 10.3. The molecule has 0 saturated carbocycles. The van der Waals surface area contributed by atoms with Crippen molar-refractivity contribution in [2.45, 2.75) is 0 Å². The molecule has 0 unspecified atom stereocenters. The number of amides is 1. The Balaban J connectivity index is 1.80. The fraction of sp³-hybridized carbons (Fsp3) is 0.583. The van der Waals surface area contributed by atoms with Crippen LogP contribution in [0.3, 0.4) is 0 Å². The molecule has 1 aliphatic heterocycles. The van der Waals surface area contributed by atoms with Crippen LogP contribution in [0.1, 0.15) is 10.5 Å². The van der Waals surface area contributed by atoms with Gasteiger partial charge in [-0.2, -0.15) is 0 Å². The van der Waals surface area contributed by atoms with E-state index in [1.165, 1.54) is 12.4 Å². The predicted octanol–water partition coefficient (Wildman–Crippen LogP) is -0.546. The maximum atomic E-state index is 12.0. The van der Waals surface area contributed by atoms with Crippen molar-refractivity contribution in [2.75, 3.05) is 46.3 Å². The van der Waals surface area contributed by atoms with Gasteiger partial charge < -0.3 is 10.2 Å². The minimum absolute atomic E-state index is 0.0711. The number of carbonyl (C=O) groups is 1. The zero-order valence-electron chi connectivity index (χ0n) is 10.7. The molecular formula is C12H19N5O. The molecule has 0 atom stereocenters. The largest absolute Gasteiger partial charge is 0.339 e. The summed E-state index contributed by atoms with van der Waals surface area (Å²) in [7, 11) is 1.80. The fourth-order valence-electron chi connectivity index (χ4n) is 1.93. The Labute approximate surface area is 107 Å². The van der Waals surface area contributed by atoms with Crippen molar-refractivity contribution < 1.29 is 4.79 Å². The molecule has 6 nitrogen and oxygen atoms in total. The van der Waals surface area contributed by atoms with Gasteiger partial charge in [0.1, 0.15) is 5.69 Å². The number of piperazine rings is 1. The minimum Gasteiger partial charge on any atom is -0.339 e. The van der Waals surface area contributed by atoms with Crippen molar-refractivity contribution in [1.29, 1.82) is 0 Å². The second-order valence-electron chi connectivity index (χ2n) is 4.41. The Bertz CT molecular complexity index is 377. The van der Waals surface area contributed by atoms with E-state index in [2.05, 4.69) is 20.2 Å². The first-order valence-electron chi connectivity index (χ1n) is 6.22. The molecule has 0 aromatic carbocycles. The van der Waals surface area contributed by atoms with E-state index in [1.807, 2.05) is 0 Å². The van der Waals surface area contributed by atoms with Gasteiger partial charge in [-0.15, -0.1) is 0 Å². The van der Waals surface area contributed by atoms with Crippen LogP contribution in [-0.4, -0.2) is 72.0 Å². The van der Waals surface area contributed by atoms with Crippen LogP contribution in [0.15, 0.2) is 18.6 Å². The van der Waals surface area contributed by atoms with E-state index in [1.54, 1.807) is 18.1 Å². The normalized spacial score (nSPS) is 16.5. The minimum atomic E-state index is -0.0711. The van der Waals surface area contributed by atoms with Gasteiger partial charge >= 0.3 is 0 Å².